The van der Waals surface area contributed by atoms with E-state index in [4.69, 9.17) is 4.74 Å². The summed E-state index contributed by atoms with van der Waals surface area (Å²) in [5, 5.41) is 9.39. The molecule has 0 atom stereocenters. The van der Waals surface area contributed by atoms with Crippen LogP contribution < -0.4 is 9.64 Å². The van der Waals surface area contributed by atoms with Gasteiger partial charge in [-0.05, 0) is 68.7 Å². The van der Waals surface area contributed by atoms with Gasteiger partial charge in [-0.3, -0.25) is 9.59 Å². The van der Waals surface area contributed by atoms with Gasteiger partial charge in [0.25, 0.3) is 11.8 Å². The minimum absolute atomic E-state index is 0.0382. The standard InChI is InChI=1S/C24H28N2O4/c1-15(2)30-20-10-7-18(8-11-20)21-22(25(5)12-13-27)24(29)26(23(21)28)19-9-6-16(3)17(4)14-19/h6-11,14-15,27H,12-13H2,1-5H3. The van der Waals surface area contributed by atoms with Gasteiger partial charge in [-0.25, -0.2) is 4.90 Å². The van der Waals surface area contributed by atoms with Gasteiger partial charge in [-0.15, -0.1) is 0 Å². The zero-order chi connectivity index (χ0) is 22.0. The third-order valence-electron chi connectivity index (χ3n) is 5.14. The number of rotatable bonds is 7. The molecule has 2 amide bonds. The van der Waals surface area contributed by atoms with Crippen molar-refractivity contribution in [2.75, 3.05) is 25.1 Å². The van der Waals surface area contributed by atoms with Crippen LogP contribution in [0, 0.1) is 13.8 Å². The van der Waals surface area contributed by atoms with E-state index in [0.717, 1.165) is 11.1 Å². The van der Waals surface area contributed by atoms with Gasteiger partial charge in [0.1, 0.15) is 11.4 Å². The maximum absolute atomic E-state index is 13.4. The normalized spacial score (nSPS) is 14.2. The molecule has 0 aliphatic carbocycles. The zero-order valence-electron chi connectivity index (χ0n) is 18.1. The molecule has 0 spiro atoms. The molecule has 0 bridgehead atoms. The van der Waals surface area contributed by atoms with Crippen molar-refractivity contribution in [2.24, 2.45) is 0 Å². The van der Waals surface area contributed by atoms with Crippen molar-refractivity contribution < 1.29 is 19.4 Å². The first-order valence-electron chi connectivity index (χ1n) is 10.0. The summed E-state index contributed by atoms with van der Waals surface area (Å²) in [7, 11) is 1.71. The molecule has 0 fully saturated rings. The van der Waals surface area contributed by atoms with Crippen molar-refractivity contribution in [1.82, 2.24) is 4.90 Å². The van der Waals surface area contributed by atoms with Gasteiger partial charge < -0.3 is 14.7 Å². The third-order valence-corrected chi connectivity index (χ3v) is 5.14. The highest BCUT2D eigenvalue weighted by atomic mass is 16.5. The Morgan fingerprint density at radius 2 is 1.67 bits per heavy atom. The number of carbonyl (C=O) groups is 2. The van der Waals surface area contributed by atoms with Gasteiger partial charge >= 0.3 is 0 Å². The second kappa shape index (κ2) is 8.71. The number of likely N-dealkylation sites (N-methyl/N-ethyl adjacent to an activating group) is 1. The quantitative estimate of drug-likeness (QED) is 0.712. The molecule has 3 rings (SSSR count). The van der Waals surface area contributed by atoms with Crippen molar-refractivity contribution in [3.8, 4) is 5.75 Å². The third kappa shape index (κ3) is 4.09. The Morgan fingerprint density at radius 3 is 2.23 bits per heavy atom. The highest BCUT2D eigenvalue weighted by Gasteiger charge is 2.41. The van der Waals surface area contributed by atoms with E-state index >= 15 is 0 Å². The van der Waals surface area contributed by atoms with E-state index in [2.05, 4.69) is 0 Å². The summed E-state index contributed by atoms with van der Waals surface area (Å²) in [5.41, 5.74) is 3.87. The first kappa shape index (κ1) is 21.6. The zero-order valence-corrected chi connectivity index (χ0v) is 18.1. The largest absolute Gasteiger partial charge is 0.491 e. The highest BCUT2D eigenvalue weighted by Crippen LogP contribution is 2.35. The van der Waals surface area contributed by atoms with E-state index in [-0.39, 0.29) is 30.9 Å². The second-order valence-electron chi connectivity index (χ2n) is 7.77. The molecule has 1 heterocycles. The molecule has 30 heavy (non-hydrogen) atoms. The summed E-state index contributed by atoms with van der Waals surface area (Å²) in [4.78, 5) is 29.6. The Labute approximate surface area is 177 Å². The topological polar surface area (TPSA) is 70.1 Å². The lowest BCUT2D eigenvalue weighted by Gasteiger charge is -2.20. The Balaban J connectivity index is 2.07. The highest BCUT2D eigenvalue weighted by molar-refractivity contribution is 6.45. The maximum Gasteiger partial charge on any atom is 0.282 e. The summed E-state index contributed by atoms with van der Waals surface area (Å²) in [6.07, 6.45) is 0.0382. The number of aliphatic hydroxyl groups is 1. The first-order chi connectivity index (χ1) is 14.2. The van der Waals surface area contributed by atoms with Crippen LogP contribution in [0.25, 0.3) is 5.57 Å². The summed E-state index contributed by atoms with van der Waals surface area (Å²) in [5.74, 6) is -0.0697. The van der Waals surface area contributed by atoms with Gasteiger partial charge in [0.05, 0.1) is 24.0 Å². The smallest absolute Gasteiger partial charge is 0.282 e. The van der Waals surface area contributed by atoms with E-state index in [0.29, 0.717) is 22.6 Å². The summed E-state index contributed by atoms with van der Waals surface area (Å²) < 4.78 is 5.69. The molecular weight excluding hydrogens is 380 g/mol. The van der Waals surface area contributed by atoms with Crippen LogP contribution in [-0.4, -0.2) is 48.1 Å². The average Bonchev–Trinajstić information content (AvgIpc) is 2.95. The predicted octanol–water partition coefficient (Wildman–Crippen LogP) is 3.30. The molecule has 158 valence electrons. The molecule has 0 saturated heterocycles. The lowest BCUT2D eigenvalue weighted by molar-refractivity contribution is -0.120. The minimum atomic E-state index is -0.392. The fourth-order valence-electron chi connectivity index (χ4n) is 3.47. The number of anilines is 1. The lowest BCUT2D eigenvalue weighted by atomic mass is 10.0. The number of benzene rings is 2. The van der Waals surface area contributed by atoms with Crippen molar-refractivity contribution in [3.05, 3.63) is 64.9 Å². The average molecular weight is 408 g/mol. The molecule has 0 radical (unpaired) electrons. The summed E-state index contributed by atoms with van der Waals surface area (Å²) in [6, 6.07) is 12.7. The van der Waals surface area contributed by atoms with Crippen LogP contribution in [0.15, 0.2) is 48.2 Å². The van der Waals surface area contributed by atoms with E-state index in [1.54, 1.807) is 42.3 Å². The number of aryl methyl sites for hydroxylation is 2. The van der Waals surface area contributed by atoms with Crippen LogP contribution in [0.5, 0.6) is 5.75 Å². The van der Waals surface area contributed by atoms with Gasteiger partial charge in [-0.2, -0.15) is 0 Å². The van der Waals surface area contributed by atoms with E-state index in [1.165, 1.54) is 4.90 Å². The van der Waals surface area contributed by atoms with Crippen LogP contribution in [-0.2, 0) is 9.59 Å². The van der Waals surface area contributed by atoms with Crippen LogP contribution in [0.1, 0.15) is 30.5 Å². The molecule has 6 heteroatoms. The molecule has 1 aliphatic rings. The van der Waals surface area contributed by atoms with Crippen LogP contribution in [0.2, 0.25) is 0 Å². The number of hydrogen-bond donors (Lipinski definition) is 1. The Kier molecular flexibility index (Phi) is 6.27. The van der Waals surface area contributed by atoms with Gasteiger partial charge in [0.15, 0.2) is 0 Å². The van der Waals surface area contributed by atoms with Crippen molar-refractivity contribution in [1.29, 1.82) is 0 Å². The first-order valence-corrected chi connectivity index (χ1v) is 10.0. The maximum atomic E-state index is 13.4. The molecule has 0 unspecified atom stereocenters. The number of ether oxygens (including phenoxy) is 1. The number of hydrogen-bond acceptors (Lipinski definition) is 5. The Bertz CT molecular complexity index is 993. The predicted molar refractivity (Wildman–Crippen MR) is 117 cm³/mol. The molecule has 1 aliphatic heterocycles. The molecule has 6 nitrogen and oxygen atoms in total. The van der Waals surface area contributed by atoms with E-state index in [1.807, 2.05) is 39.8 Å². The van der Waals surface area contributed by atoms with Crippen molar-refractivity contribution in [3.63, 3.8) is 0 Å². The van der Waals surface area contributed by atoms with Crippen molar-refractivity contribution >= 4 is 23.1 Å². The van der Waals surface area contributed by atoms with Gasteiger partial charge in [0.2, 0.25) is 0 Å². The van der Waals surface area contributed by atoms with E-state index in [9.17, 15) is 14.7 Å². The lowest BCUT2D eigenvalue weighted by Crippen LogP contribution is -2.35. The van der Waals surface area contributed by atoms with Gasteiger partial charge in [-0.1, -0.05) is 18.2 Å². The summed E-state index contributed by atoms with van der Waals surface area (Å²) in [6.45, 7) is 7.94. The molecule has 2 aromatic carbocycles. The summed E-state index contributed by atoms with van der Waals surface area (Å²) >= 11 is 0. The minimum Gasteiger partial charge on any atom is -0.491 e. The van der Waals surface area contributed by atoms with Crippen LogP contribution in [0.3, 0.4) is 0 Å². The van der Waals surface area contributed by atoms with Crippen LogP contribution in [0.4, 0.5) is 5.69 Å². The number of nitrogens with zero attached hydrogens (tertiary/aromatic N) is 2. The second-order valence-corrected chi connectivity index (χ2v) is 7.77. The molecular formula is C24H28N2O4. The van der Waals surface area contributed by atoms with Gasteiger partial charge in [0, 0.05) is 13.6 Å². The van der Waals surface area contributed by atoms with E-state index < -0.39 is 5.91 Å². The molecule has 0 saturated carbocycles. The Hall–Kier alpha value is -3.12. The fourth-order valence-corrected chi connectivity index (χ4v) is 3.47. The molecule has 1 N–H and O–H groups in total. The number of imide groups is 1. The van der Waals surface area contributed by atoms with Crippen molar-refractivity contribution in [2.45, 2.75) is 33.8 Å². The Morgan fingerprint density at radius 1 is 1.00 bits per heavy atom. The van der Waals surface area contributed by atoms with Crippen LogP contribution >= 0.6 is 0 Å². The molecule has 2 aromatic rings. The number of aliphatic hydroxyl groups excluding tert-OH is 1. The molecule has 0 aromatic heterocycles. The fraction of sp³-hybridized carbons (Fsp3) is 0.333. The number of amides is 2. The SMILES string of the molecule is Cc1ccc(N2C(=O)C(c3ccc(OC(C)C)cc3)=C(N(C)CCO)C2=O)cc1C. The monoisotopic (exact) mass is 408 g/mol. The number of carbonyl (C=O) groups excluding carboxylic acids is 2.